The van der Waals surface area contributed by atoms with E-state index in [9.17, 15) is 24.6 Å². The molecule has 1 rings (SSSR count). The summed E-state index contributed by atoms with van der Waals surface area (Å²) in [6, 6.07) is 3.93. The number of rotatable bonds is 7. The van der Waals surface area contributed by atoms with Crippen LogP contribution in [0.25, 0.3) is 0 Å². The van der Waals surface area contributed by atoms with E-state index in [1.807, 2.05) is 0 Å². The maximum Gasteiger partial charge on any atom is 0.336 e. The number of carboxylic acid groups (broad SMARTS) is 2. The van der Waals surface area contributed by atoms with Crippen molar-refractivity contribution in [2.24, 2.45) is 0 Å². The Bertz CT molecular complexity index is 648. The highest BCUT2D eigenvalue weighted by Gasteiger charge is 2.29. The van der Waals surface area contributed by atoms with Crippen molar-refractivity contribution in [3.63, 3.8) is 0 Å². The van der Waals surface area contributed by atoms with Gasteiger partial charge in [0.25, 0.3) is 0 Å². The van der Waals surface area contributed by atoms with Crippen LogP contribution in [-0.2, 0) is 9.53 Å². The van der Waals surface area contributed by atoms with Gasteiger partial charge in [0.1, 0.15) is 6.10 Å². The Morgan fingerprint density at radius 3 is 2.26 bits per heavy atom. The third kappa shape index (κ3) is 4.17. The molecule has 0 saturated carbocycles. The van der Waals surface area contributed by atoms with Crippen molar-refractivity contribution >= 4 is 17.9 Å². The van der Waals surface area contributed by atoms with Gasteiger partial charge in [-0.15, -0.1) is 0 Å². The lowest BCUT2D eigenvalue weighted by Gasteiger charge is -2.24. The Kier molecular flexibility index (Phi) is 6.03. The van der Waals surface area contributed by atoms with Gasteiger partial charge in [-0.05, 0) is 25.5 Å². The fourth-order valence-corrected chi connectivity index (χ4v) is 2.15. The summed E-state index contributed by atoms with van der Waals surface area (Å²) >= 11 is 0. The largest absolute Gasteiger partial charge is 0.478 e. The van der Waals surface area contributed by atoms with Crippen LogP contribution in [0.2, 0.25) is 0 Å². The first-order valence-corrected chi connectivity index (χ1v) is 6.77. The summed E-state index contributed by atoms with van der Waals surface area (Å²) in [6.45, 7) is 5.86. The van der Waals surface area contributed by atoms with Crippen molar-refractivity contribution in [2.45, 2.75) is 25.9 Å². The highest BCUT2D eigenvalue weighted by Crippen LogP contribution is 2.28. The van der Waals surface area contributed by atoms with E-state index in [0.717, 1.165) is 6.07 Å². The summed E-state index contributed by atoms with van der Waals surface area (Å²) < 4.78 is 5.12. The standard InChI is InChI=1S/C16H18O7/c1-8(2)16(22)23-9(3)12(7-17)10-5-4-6-11(14(18)19)13(10)15(20)21/h4-6,9,12,17H,1,7H2,2-3H3,(H,18,19)(H,20,21). The minimum Gasteiger partial charge on any atom is -0.478 e. The smallest absolute Gasteiger partial charge is 0.336 e. The predicted octanol–water partition coefficient (Wildman–Crippen LogP) is 1.67. The van der Waals surface area contributed by atoms with Crippen molar-refractivity contribution < 1.29 is 34.4 Å². The molecular weight excluding hydrogens is 304 g/mol. The van der Waals surface area contributed by atoms with Crippen LogP contribution in [0, 0.1) is 0 Å². The maximum atomic E-state index is 11.6. The Labute approximate surface area is 132 Å². The molecule has 7 heteroatoms. The number of carbonyl (C=O) groups excluding carboxylic acids is 1. The molecule has 1 aromatic rings. The average molecular weight is 322 g/mol. The van der Waals surface area contributed by atoms with Crippen molar-refractivity contribution in [1.82, 2.24) is 0 Å². The molecule has 0 saturated heterocycles. The fourth-order valence-electron chi connectivity index (χ4n) is 2.15. The van der Waals surface area contributed by atoms with Crippen LogP contribution >= 0.6 is 0 Å². The minimum atomic E-state index is -1.44. The molecule has 7 nitrogen and oxygen atoms in total. The Hall–Kier alpha value is -2.67. The number of aliphatic hydroxyl groups is 1. The van der Waals surface area contributed by atoms with Gasteiger partial charge < -0.3 is 20.1 Å². The van der Waals surface area contributed by atoms with E-state index in [1.54, 1.807) is 0 Å². The number of esters is 1. The summed E-state index contributed by atoms with van der Waals surface area (Å²) in [5, 5.41) is 28.0. The molecular formula is C16H18O7. The number of hydrogen-bond acceptors (Lipinski definition) is 5. The van der Waals surface area contributed by atoms with Gasteiger partial charge in [-0.25, -0.2) is 14.4 Å². The van der Waals surface area contributed by atoms with Crippen LogP contribution in [0.3, 0.4) is 0 Å². The third-order valence-electron chi connectivity index (χ3n) is 3.35. The van der Waals surface area contributed by atoms with Crippen molar-refractivity contribution in [3.05, 3.63) is 47.0 Å². The highest BCUT2D eigenvalue weighted by molar-refractivity contribution is 6.03. The molecule has 0 spiro atoms. The molecule has 0 aliphatic heterocycles. The molecule has 0 radical (unpaired) electrons. The highest BCUT2D eigenvalue weighted by atomic mass is 16.5. The first-order chi connectivity index (χ1) is 10.7. The second-order valence-corrected chi connectivity index (χ2v) is 5.06. The first-order valence-electron chi connectivity index (χ1n) is 6.77. The van der Waals surface area contributed by atoms with Crippen LogP contribution in [0.4, 0.5) is 0 Å². The Balaban J connectivity index is 3.32. The number of hydrogen-bond donors (Lipinski definition) is 3. The number of aliphatic hydroxyl groups excluding tert-OH is 1. The molecule has 0 aliphatic carbocycles. The van der Waals surface area contributed by atoms with Gasteiger partial charge in [-0.3, -0.25) is 0 Å². The van der Waals surface area contributed by atoms with E-state index in [-0.39, 0.29) is 11.1 Å². The van der Waals surface area contributed by atoms with Gasteiger partial charge in [0.05, 0.1) is 17.7 Å². The minimum absolute atomic E-state index is 0.0851. The molecule has 2 atom stereocenters. The van der Waals surface area contributed by atoms with Gasteiger partial charge in [0.2, 0.25) is 0 Å². The second kappa shape index (κ2) is 7.55. The first kappa shape index (κ1) is 18.4. The third-order valence-corrected chi connectivity index (χ3v) is 3.35. The van der Waals surface area contributed by atoms with Gasteiger partial charge in [-0.2, -0.15) is 0 Å². The quantitative estimate of drug-likeness (QED) is 0.515. The van der Waals surface area contributed by atoms with E-state index in [1.165, 1.54) is 26.0 Å². The van der Waals surface area contributed by atoms with Crippen LogP contribution in [0.5, 0.6) is 0 Å². The zero-order valence-electron chi connectivity index (χ0n) is 12.8. The van der Waals surface area contributed by atoms with Gasteiger partial charge >= 0.3 is 17.9 Å². The summed E-state index contributed by atoms with van der Waals surface area (Å²) in [5.74, 6) is -4.40. The van der Waals surface area contributed by atoms with Crippen molar-refractivity contribution in [1.29, 1.82) is 0 Å². The van der Waals surface area contributed by atoms with Gasteiger partial charge in [0, 0.05) is 11.5 Å². The summed E-state index contributed by atoms with van der Waals surface area (Å²) in [4.78, 5) is 34.2. The molecule has 124 valence electrons. The van der Waals surface area contributed by atoms with Gasteiger partial charge in [-0.1, -0.05) is 18.7 Å². The average Bonchev–Trinajstić information content (AvgIpc) is 2.47. The number of benzene rings is 1. The fraction of sp³-hybridized carbons (Fsp3) is 0.312. The van der Waals surface area contributed by atoms with Crippen molar-refractivity contribution in [3.8, 4) is 0 Å². The van der Waals surface area contributed by atoms with Crippen LogP contribution in [0.15, 0.2) is 30.4 Å². The lowest BCUT2D eigenvalue weighted by Crippen LogP contribution is -2.27. The normalized spacial score (nSPS) is 13.0. The van der Waals surface area contributed by atoms with Crippen LogP contribution in [0.1, 0.15) is 46.0 Å². The SMILES string of the molecule is C=C(C)C(=O)OC(C)C(CO)c1cccc(C(=O)O)c1C(=O)O. The molecule has 0 bridgehead atoms. The Morgan fingerprint density at radius 1 is 1.22 bits per heavy atom. The number of aromatic carboxylic acids is 2. The van der Waals surface area contributed by atoms with Gasteiger partial charge in [0.15, 0.2) is 0 Å². The summed E-state index contributed by atoms with van der Waals surface area (Å²) in [5.41, 5.74) is -0.586. The van der Waals surface area contributed by atoms with Crippen LogP contribution in [-0.4, -0.2) is 45.9 Å². The van der Waals surface area contributed by atoms with E-state index < -0.39 is 47.7 Å². The molecule has 2 unspecified atom stereocenters. The van der Waals surface area contributed by atoms with E-state index >= 15 is 0 Å². The second-order valence-electron chi connectivity index (χ2n) is 5.06. The maximum absolute atomic E-state index is 11.6. The molecule has 0 fully saturated rings. The molecule has 0 heterocycles. The Morgan fingerprint density at radius 2 is 1.83 bits per heavy atom. The summed E-state index contributed by atoms with van der Waals surface area (Å²) in [6.07, 6.45) is -0.869. The van der Waals surface area contributed by atoms with Crippen molar-refractivity contribution in [2.75, 3.05) is 6.61 Å². The van der Waals surface area contributed by atoms with E-state index in [0.29, 0.717) is 0 Å². The summed E-state index contributed by atoms with van der Waals surface area (Å²) in [7, 11) is 0. The number of ether oxygens (including phenoxy) is 1. The topological polar surface area (TPSA) is 121 Å². The molecule has 23 heavy (non-hydrogen) atoms. The molecule has 3 N–H and O–H groups in total. The molecule has 0 aliphatic rings. The number of carboxylic acids is 2. The lowest BCUT2D eigenvalue weighted by atomic mass is 9.88. The molecule has 1 aromatic carbocycles. The monoisotopic (exact) mass is 322 g/mol. The zero-order valence-corrected chi connectivity index (χ0v) is 12.8. The predicted molar refractivity (Wildman–Crippen MR) is 80.6 cm³/mol. The van der Waals surface area contributed by atoms with Crippen LogP contribution < -0.4 is 0 Å². The zero-order chi connectivity index (χ0) is 17.7. The molecule has 0 aromatic heterocycles. The number of carbonyl (C=O) groups is 3. The lowest BCUT2D eigenvalue weighted by molar-refractivity contribution is -0.144. The molecule has 0 amide bonds. The van der Waals surface area contributed by atoms with E-state index in [2.05, 4.69) is 6.58 Å². The van der Waals surface area contributed by atoms with E-state index in [4.69, 9.17) is 9.84 Å².